The lowest BCUT2D eigenvalue weighted by molar-refractivity contribution is -0.121. The minimum Gasteiger partial charge on any atom is -0.454 e. The summed E-state index contributed by atoms with van der Waals surface area (Å²) >= 11 is 0. The van der Waals surface area contributed by atoms with Crippen LogP contribution in [0.2, 0.25) is 0 Å². The van der Waals surface area contributed by atoms with Crippen LogP contribution in [-0.2, 0) is 16.0 Å². The average molecular weight is 461 g/mol. The molecule has 174 valence electrons. The predicted molar refractivity (Wildman–Crippen MR) is 121 cm³/mol. The number of hydrogen-bond acceptors (Lipinski definition) is 9. The zero-order valence-electron chi connectivity index (χ0n) is 18.3. The highest BCUT2D eigenvalue weighted by Gasteiger charge is 2.29. The number of carbonyl (C=O) groups is 1. The standard InChI is InChI=1S/C23H23N7O4/c31-13-18-17(12-22(32)26-5-3-16-1-2-19-20(11-16)34-15-33-19)25-8-10-30(18)21-4-6-27-23(28-21)29-9-7-24-14-29/h1-2,4,6-7,9,11,14,17,25H,3,5,8,10,12,15H2,(H,26,32). The fourth-order valence-corrected chi connectivity index (χ4v) is 3.98. The zero-order chi connectivity index (χ0) is 23.3. The molecule has 11 nitrogen and oxygen atoms in total. The van der Waals surface area contributed by atoms with Crippen LogP contribution in [0.5, 0.6) is 11.5 Å². The number of ether oxygens (including phenoxy) is 2. The van der Waals surface area contributed by atoms with E-state index in [2.05, 4.69) is 25.6 Å². The molecule has 1 saturated heterocycles. The van der Waals surface area contributed by atoms with Gasteiger partial charge >= 0.3 is 0 Å². The highest BCUT2D eigenvalue weighted by Crippen LogP contribution is 2.32. The molecule has 1 atom stereocenters. The number of imidazole rings is 1. The van der Waals surface area contributed by atoms with Gasteiger partial charge in [-0.1, -0.05) is 6.07 Å². The van der Waals surface area contributed by atoms with Crippen molar-refractivity contribution in [2.45, 2.75) is 18.9 Å². The second-order valence-corrected chi connectivity index (χ2v) is 7.82. The molecule has 1 fully saturated rings. The van der Waals surface area contributed by atoms with E-state index >= 15 is 0 Å². The van der Waals surface area contributed by atoms with Gasteiger partial charge in [0.1, 0.15) is 23.8 Å². The van der Waals surface area contributed by atoms with Crippen LogP contribution in [0, 0.1) is 0 Å². The molecule has 0 aliphatic carbocycles. The van der Waals surface area contributed by atoms with E-state index in [1.165, 1.54) is 0 Å². The molecule has 0 bridgehead atoms. The third kappa shape index (κ3) is 4.61. The number of piperazine rings is 1. The molecule has 5 rings (SSSR count). The van der Waals surface area contributed by atoms with Crippen molar-refractivity contribution >= 4 is 17.7 Å². The summed E-state index contributed by atoms with van der Waals surface area (Å²) in [6.45, 7) is 1.81. The van der Waals surface area contributed by atoms with Crippen molar-refractivity contribution in [3.05, 3.63) is 60.4 Å². The predicted octanol–water partition coefficient (Wildman–Crippen LogP) is 0.634. The molecule has 1 amide bonds. The van der Waals surface area contributed by atoms with Gasteiger partial charge in [-0.25, -0.2) is 14.8 Å². The molecule has 4 heterocycles. The summed E-state index contributed by atoms with van der Waals surface area (Å²) in [6, 6.07) is 7.00. The minimum absolute atomic E-state index is 0.113. The fourth-order valence-electron chi connectivity index (χ4n) is 3.98. The third-order valence-electron chi connectivity index (χ3n) is 5.65. The van der Waals surface area contributed by atoms with Crippen LogP contribution in [0.25, 0.3) is 5.95 Å². The molecular weight excluding hydrogens is 438 g/mol. The Morgan fingerprint density at radius 2 is 2.15 bits per heavy atom. The van der Waals surface area contributed by atoms with Gasteiger partial charge in [-0.3, -0.25) is 9.36 Å². The van der Waals surface area contributed by atoms with Crippen LogP contribution in [0.4, 0.5) is 5.82 Å². The molecule has 2 aromatic heterocycles. The Labute approximate surface area is 195 Å². The van der Waals surface area contributed by atoms with Gasteiger partial charge in [0.2, 0.25) is 18.6 Å². The maximum atomic E-state index is 12.6. The smallest absolute Gasteiger partial charge is 0.236 e. The summed E-state index contributed by atoms with van der Waals surface area (Å²) in [5.41, 5.74) is 1.38. The summed E-state index contributed by atoms with van der Waals surface area (Å²) in [4.78, 5) is 39.1. The number of hydrogen-bond donors (Lipinski definition) is 2. The molecule has 3 aromatic rings. The highest BCUT2D eigenvalue weighted by molar-refractivity contribution is 5.78. The van der Waals surface area contributed by atoms with Gasteiger partial charge in [0.05, 0.1) is 6.04 Å². The number of nitrogens with zero attached hydrogens (tertiary/aromatic N) is 5. The Morgan fingerprint density at radius 3 is 3.00 bits per heavy atom. The molecule has 0 saturated carbocycles. The molecule has 11 heteroatoms. The first kappa shape index (κ1) is 21.6. The van der Waals surface area contributed by atoms with E-state index < -0.39 is 6.04 Å². The van der Waals surface area contributed by atoms with Crippen LogP contribution < -0.4 is 25.0 Å². The SMILES string of the molecule is O=C=C1C(CC(=O)NCCc2ccc3c(c2)OCO3)NCCN1c1ccnc(-n2ccnc2)n1. The van der Waals surface area contributed by atoms with Crippen LogP contribution in [0.1, 0.15) is 12.0 Å². The first-order valence-corrected chi connectivity index (χ1v) is 10.9. The second kappa shape index (κ2) is 9.74. The van der Waals surface area contributed by atoms with E-state index in [1.54, 1.807) is 40.5 Å². The molecule has 2 N–H and O–H groups in total. The monoisotopic (exact) mass is 461 g/mol. The molecule has 1 aromatic carbocycles. The fraction of sp³-hybridized carbons (Fsp3) is 0.304. The number of amides is 1. The molecule has 0 spiro atoms. The van der Waals surface area contributed by atoms with Crippen molar-refractivity contribution in [1.29, 1.82) is 0 Å². The number of carbonyl (C=O) groups excluding carboxylic acids is 2. The van der Waals surface area contributed by atoms with Gasteiger partial charge in [-0.2, -0.15) is 4.98 Å². The molecular formula is C23H23N7O4. The first-order valence-electron chi connectivity index (χ1n) is 10.9. The van der Waals surface area contributed by atoms with Gasteiger partial charge in [0.15, 0.2) is 11.5 Å². The summed E-state index contributed by atoms with van der Waals surface area (Å²) in [7, 11) is 0. The van der Waals surface area contributed by atoms with Gasteiger partial charge in [-0.05, 0) is 30.2 Å². The molecule has 2 aliphatic heterocycles. The van der Waals surface area contributed by atoms with Crippen molar-refractivity contribution in [2.24, 2.45) is 0 Å². The van der Waals surface area contributed by atoms with Gasteiger partial charge in [0, 0.05) is 44.6 Å². The van der Waals surface area contributed by atoms with E-state index in [1.807, 2.05) is 24.1 Å². The van der Waals surface area contributed by atoms with E-state index in [0.717, 1.165) is 17.1 Å². The van der Waals surface area contributed by atoms with E-state index in [-0.39, 0.29) is 19.1 Å². The van der Waals surface area contributed by atoms with Crippen molar-refractivity contribution in [3.8, 4) is 17.4 Å². The van der Waals surface area contributed by atoms with E-state index in [4.69, 9.17) is 9.47 Å². The minimum atomic E-state index is -0.469. The van der Waals surface area contributed by atoms with Gasteiger partial charge in [-0.15, -0.1) is 0 Å². The highest BCUT2D eigenvalue weighted by atomic mass is 16.7. The number of benzene rings is 1. The van der Waals surface area contributed by atoms with Crippen LogP contribution >= 0.6 is 0 Å². The lowest BCUT2D eigenvalue weighted by Crippen LogP contribution is -2.51. The molecule has 1 unspecified atom stereocenters. The molecule has 34 heavy (non-hydrogen) atoms. The van der Waals surface area contributed by atoms with Crippen LogP contribution in [-0.4, -0.2) is 63.8 Å². The maximum absolute atomic E-state index is 12.6. The Kier molecular flexibility index (Phi) is 6.19. The maximum Gasteiger partial charge on any atom is 0.236 e. The number of nitrogens with one attached hydrogen (secondary N) is 2. The van der Waals surface area contributed by atoms with Crippen molar-refractivity contribution in [3.63, 3.8) is 0 Å². The topological polar surface area (TPSA) is 124 Å². The largest absolute Gasteiger partial charge is 0.454 e. The van der Waals surface area contributed by atoms with Crippen molar-refractivity contribution < 1.29 is 19.1 Å². The van der Waals surface area contributed by atoms with Crippen molar-refractivity contribution in [1.82, 2.24) is 30.2 Å². The molecule has 0 radical (unpaired) electrons. The number of fused-ring (bicyclic) bond motifs is 1. The lowest BCUT2D eigenvalue weighted by Gasteiger charge is -2.34. The number of aromatic nitrogens is 4. The quantitative estimate of drug-likeness (QED) is 0.488. The van der Waals surface area contributed by atoms with E-state index in [9.17, 15) is 9.59 Å². The van der Waals surface area contributed by atoms with Gasteiger partial charge in [0.25, 0.3) is 0 Å². The first-order chi connectivity index (χ1) is 16.7. The summed E-state index contributed by atoms with van der Waals surface area (Å²) in [5.74, 6) is 4.31. The lowest BCUT2D eigenvalue weighted by atomic mass is 10.1. The normalized spacial score (nSPS) is 16.9. The van der Waals surface area contributed by atoms with Crippen LogP contribution in [0.3, 0.4) is 0 Å². The van der Waals surface area contributed by atoms with Crippen LogP contribution in [0.15, 0.2) is 54.9 Å². The number of rotatable bonds is 7. The third-order valence-corrected chi connectivity index (χ3v) is 5.65. The summed E-state index contributed by atoms with van der Waals surface area (Å²) < 4.78 is 12.4. The number of anilines is 1. The average Bonchev–Trinajstić information content (AvgIpc) is 3.56. The summed E-state index contributed by atoms with van der Waals surface area (Å²) in [6.07, 6.45) is 7.37. The Hall–Kier alpha value is -4.21. The Bertz CT molecular complexity index is 1220. The Morgan fingerprint density at radius 1 is 1.24 bits per heavy atom. The molecule has 2 aliphatic rings. The van der Waals surface area contributed by atoms with E-state index in [0.29, 0.717) is 43.5 Å². The second-order valence-electron chi connectivity index (χ2n) is 7.82. The zero-order valence-corrected chi connectivity index (χ0v) is 18.3. The van der Waals surface area contributed by atoms with Gasteiger partial charge < -0.3 is 25.0 Å². The van der Waals surface area contributed by atoms with Crippen molar-refractivity contribution in [2.75, 3.05) is 31.3 Å². The summed E-state index contributed by atoms with van der Waals surface area (Å²) in [5, 5.41) is 6.16. The Balaban J connectivity index is 1.20.